The number of aryl methyl sites for hydroxylation is 1. The fourth-order valence-corrected chi connectivity index (χ4v) is 3.88. The van der Waals surface area contributed by atoms with Crippen LogP contribution in [0.1, 0.15) is 12.5 Å². The summed E-state index contributed by atoms with van der Waals surface area (Å²) >= 11 is 0. The number of nitrogens with one attached hydrogen (secondary N) is 1. The third-order valence-corrected chi connectivity index (χ3v) is 5.30. The molecular formula is C16H15NO2S. The Balaban J connectivity index is 2.26. The quantitative estimate of drug-likeness (QED) is 0.800. The highest BCUT2D eigenvalue weighted by atomic mass is 32.2. The minimum Gasteiger partial charge on any atom is -0.360 e. The van der Waals surface area contributed by atoms with Crippen molar-refractivity contribution in [3.8, 4) is 0 Å². The van der Waals surface area contributed by atoms with Crippen molar-refractivity contribution in [2.24, 2.45) is 0 Å². The molecule has 0 saturated heterocycles. The first-order valence-electron chi connectivity index (χ1n) is 6.53. The number of sulfone groups is 1. The van der Waals surface area contributed by atoms with Crippen LogP contribution in [0.15, 0.2) is 64.5 Å². The van der Waals surface area contributed by atoms with E-state index in [1.165, 1.54) is 0 Å². The average Bonchev–Trinajstić information content (AvgIpc) is 2.92. The Morgan fingerprint density at radius 3 is 2.45 bits per heavy atom. The summed E-state index contributed by atoms with van der Waals surface area (Å²) < 4.78 is 25.4. The van der Waals surface area contributed by atoms with Crippen LogP contribution in [0.25, 0.3) is 10.9 Å². The smallest absolute Gasteiger partial charge is 0.208 e. The Kier molecular flexibility index (Phi) is 3.10. The van der Waals surface area contributed by atoms with Gasteiger partial charge in [-0.1, -0.05) is 43.3 Å². The van der Waals surface area contributed by atoms with E-state index in [1.54, 1.807) is 30.5 Å². The molecule has 4 heteroatoms. The Hall–Kier alpha value is -2.07. The second kappa shape index (κ2) is 4.80. The van der Waals surface area contributed by atoms with Gasteiger partial charge in [-0.25, -0.2) is 8.42 Å². The van der Waals surface area contributed by atoms with Gasteiger partial charge < -0.3 is 4.98 Å². The zero-order chi connectivity index (χ0) is 14.2. The molecule has 0 fully saturated rings. The lowest BCUT2D eigenvalue weighted by molar-refractivity contribution is 0.597. The Morgan fingerprint density at radius 2 is 1.75 bits per heavy atom. The van der Waals surface area contributed by atoms with Gasteiger partial charge in [-0.3, -0.25) is 0 Å². The maximum Gasteiger partial charge on any atom is 0.208 e. The molecule has 3 nitrogen and oxygen atoms in total. The standard InChI is InChI=1S/C16H15NO2S/c1-2-12-7-6-10-14-15(11-17-16(12)14)20(18,19)13-8-4-3-5-9-13/h3-11,17H,2H2,1H3. The van der Waals surface area contributed by atoms with Crippen molar-refractivity contribution in [2.45, 2.75) is 23.1 Å². The van der Waals surface area contributed by atoms with Gasteiger partial charge in [0.2, 0.25) is 9.84 Å². The fraction of sp³-hybridized carbons (Fsp3) is 0.125. The third kappa shape index (κ3) is 1.93. The number of rotatable bonds is 3. The molecule has 1 aromatic heterocycles. The molecule has 3 rings (SSSR count). The summed E-state index contributed by atoms with van der Waals surface area (Å²) in [5, 5.41) is 0.758. The summed E-state index contributed by atoms with van der Waals surface area (Å²) in [5.74, 6) is 0. The number of hydrogen-bond acceptors (Lipinski definition) is 2. The highest BCUT2D eigenvalue weighted by Gasteiger charge is 2.21. The molecule has 2 aromatic carbocycles. The van der Waals surface area contributed by atoms with Gasteiger partial charge in [0.05, 0.1) is 9.79 Å². The summed E-state index contributed by atoms with van der Waals surface area (Å²) in [6.45, 7) is 2.06. The first kappa shape index (κ1) is 12.9. The van der Waals surface area contributed by atoms with Crippen LogP contribution in [0.3, 0.4) is 0 Å². The number of aromatic nitrogens is 1. The predicted octanol–water partition coefficient (Wildman–Crippen LogP) is 3.56. The fourth-order valence-electron chi connectivity index (χ4n) is 2.43. The van der Waals surface area contributed by atoms with Gasteiger partial charge >= 0.3 is 0 Å². The first-order valence-corrected chi connectivity index (χ1v) is 8.02. The van der Waals surface area contributed by atoms with Crippen LogP contribution >= 0.6 is 0 Å². The SMILES string of the molecule is CCc1cccc2c(S(=O)(=O)c3ccccc3)c[nH]c12. The van der Waals surface area contributed by atoms with Crippen LogP contribution < -0.4 is 0 Å². The van der Waals surface area contributed by atoms with Crippen molar-refractivity contribution in [1.82, 2.24) is 4.98 Å². The van der Waals surface area contributed by atoms with Crippen molar-refractivity contribution in [1.29, 1.82) is 0 Å². The highest BCUT2D eigenvalue weighted by molar-refractivity contribution is 7.91. The molecule has 102 valence electrons. The largest absolute Gasteiger partial charge is 0.360 e. The second-order valence-electron chi connectivity index (χ2n) is 4.66. The minimum atomic E-state index is -3.48. The lowest BCUT2D eigenvalue weighted by Gasteiger charge is -2.04. The predicted molar refractivity (Wildman–Crippen MR) is 79.6 cm³/mol. The van der Waals surface area contributed by atoms with Crippen molar-refractivity contribution in [2.75, 3.05) is 0 Å². The van der Waals surface area contributed by atoms with E-state index in [0.717, 1.165) is 22.9 Å². The lowest BCUT2D eigenvalue weighted by Crippen LogP contribution is -2.00. The van der Waals surface area contributed by atoms with Crippen molar-refractivity contribution in [3.05, 3.63) is 60.3 Å². The molecule has 0 bridgehead atoms. The van der Waals surface area contributed by atoms with Crippen LogP contribution in [-0.4, -0.2) is 13.4 Å². The minimum absolute atomic E-state index is 0.322. The normalized spacial score (nSPS) is 11.8. The molecule has 0 spiro atoms. The van der Waals surface area contributed by atoms with Crippen LogP contribution in [0.4, 0.5) is 0 Å². The molecule has 0 radical (unpaired) electrons. The topological polar surface area (TPSA) is 49.9 Å². The van der Waals surface area contributed by atoms with Gasteiger partial charge in [0.25, 0.3) is 0 Å². The van der Waals surface area contributed by atoms with E-state index >= 15 is 0 Å². The monoisotopic (exact) mass is 285 g/mol. The summed E-state index contributed by atoms with van der Waals surface area (Å²) in [4.78, 5) is 3.77. The van der Waals surface area contributed by atoms with E-state index < -0.39 is 9.84 Å². The van der Waals surface area contributed by atoms with Crippen molar-refractivity contribution >= 4 is 20.7 Å². The zero-order valence-electron chi connectivity index (χ0n) is 11.1. The molecule has 1 heterocycles. The second-order valence-corrected chi connectivity index (χ2v) is 6.58. The molecule has 0 amide bonds. The van der Waals surface area contributed by atoms with Gasteiger partial charge in [0.15, 0.2) is 0 Å². The average molecular weight is 285 g/mol. The first-order chi connectivity index (χ1) is 9.64. The molecule has 0 saturated carbocycles. The van der Waals surface area contributed by atoms with E-state index in [0.29, 0.717) is 9.79 Å². The van der Waals surface area contributed by atoms with Gasteiger partial charge in [-0.2, -0.15) is 0 Å². The molecular weight excluding hydrogens is 270 g/mol. The van der Waals surface area contributed by atoms with Gasteiger partial charge in [0, 0.05) is 17.1 Å². The van der Waals surface area contributed by atoms with Crippen LogP contribution in [0.2, 0.25) is 0 Å². The van der Waals surface area contributed by atoms with E-state index in [-0.39, 0.29) is 0 Å². The lowest BCUT2D eigenvalue weighted by atomic mass is 10.1. The summed E-state index contributed by atoms with van der Waals surface area (Å²) in [5.41, 5.74) is 2.03. The van der Waals surface area contributed by atoms with Gasteiger partial charge in [0.1, 0.15) is 0 Å². The van der Waals surface area contributed by atoms with E-state index in [2.05, 4.69) is 11.9 Å². The Labute approximate surface area is 118 Å². The summed E-state index contributed by atoms with van der Waals surface area (Å²) in [6.07, 6.45) is 2.45. The van der Waals surface area contributed by atoms with Crippen molar-refractivity contribution < 1.29 is 8.42 Å². The number of fused-ring (bicyclic) bond motifs is 1. The van der Waals surface area contributed by atoms with Gasteiger partial charge in [-0.15, -0.1) is 0 Å². The molecule has 0 aliphatic rings. The Morgan fingerprint density at radius 1 is 1.00 bits per heavy atom. The number of hydrogen-bond donors (Lipinski definition) is 1. The highest BCUT2D eigenvalue weighted by Crippen LogP contribution is 2.29. The maximum atomic E-state index is 12.7. The molecule has 20 heavy (non-hydrogen) atoms. The van der Waals surface area contributed by atoms with Crippen LogP contribution in [0.5, 0.6) is 0 Å². The molecule has 1 N–H and O–H groups in total. The number of aromatic amines is 1. The third-order valence-electron chi connectivity index (χ3n) is 3.49. The molecule has 0 unspecified atom stereocenters. The van der Waals surface area contributed by atoms with Crippen LogP contribution in [-0.2, 0) is 16.3 Å². The van der Waals surface area contributed by atoms with Gasteiger partial charge in [-0.05, 0) is 24.1 Å². The van der Waals surface area contributed by atoms with E-state index in [1.807, 2.05) is 24.3 Å². The number of para-hydroxylation sites is 1. The number of H-pyrrole nitrogens is 1. The molecule has 0 aliphatic carbocycles. The molecule has 3 aromatic rings. The zero-order valence-corrected chi connectivity index (χ0v) is 11.9. The molecule has 0 atom stereocenters. The number of benzene rings is 2. The van der Waals surface area contributed by atoms with E-state index in [9.17, 15) is 8.42 Å². The molecule has 0 aliphatic heterocycles. The maximum absolute atomic E-state index is 12.7. The van der Waals surface area contributed by atoms with E-state index in [4.69, 9.17) is 0 Å². The Bertz CT molecular complexity index is 849. The van der Waals surface area contributed by atoms with Crippen molar-refractivity contribution in [3.63, 3.8) is 0 Å². The summed E-state index contributed by atoms with van der Waals surface area (Å²) in [7, 11) is -3.48. The summed E-state index contributed by atoms with van der Waals surface area (Å²) in [6, 6.07) is 14.3. The van der Waals surface area contributed by atoms with Crippen LogP contribution in [0, 0.1) is 0 Å².